The van der Waals surface area contributed by atoms with Crippen molar-refractivity contribution in [2.45, 2.75) is 52.0 Å². The molecule has 4 nitrogen and oxygen atoms in total. The molecular weight excluding hydrogens is 460 g/mol. The summed E-state index contributed by atoms with van der Waals surface area (Å²) in [5, 5.41) is 2.96. The molecule has 1 N–H and O–H groups in total. The number of unbranched alkanes of at least 4 members (excludes halogenated alkanes) is 1. The zero-order valence-corrected chi connectivity index (χ0v) is 20.4. The largest absolute Gasteiger partial charge is 0.354 e. The molecule has 0 aliphatic heterocycles. The van der Waals surface area contributed by atoms with Crippen molar-refractivity contribution in [3.05, 3.63) is 69.7 Å². The first-order valence-electron chi connectivity index (χ1n) is 10.4. The normalized spacial score (nSPS) is 11.7. The topological polar surface area (TPSA) is 49.4 Å². The van der Waals surface area contributed by atoms with Crippen LogP contribution in [0.5, 0.6) is 0 Å². The molecule has 2 aromatic rings. The molecule has 2 aromatic carbocycles. The Morgan fingerprint density at radius 1 is 1.13 bits per heavy atom. The highest BCUT2D eigenvalue weighted by molar-refractivity contribution is 9.10. The number of carbonyl (C=O) groups is 2. The maximum absolute atomic E-state index is 13.1. The van der Waals surface area contributed by atoms with Crippen LogP contribution in [0.1, 0.15) is 43.4 Å². The van der Waals surface area contributed by atoms with Crippen LogP contribution in [0.4, 0.5) is 0 Å². The minimum Gasteiger partial charge on any atom is -0.354 e. The molecule has 0 aliphatic carbocycles. The van der Waals surface area contributed by atoms with Crippen LogP contribution in [0, 0.1) is 6.92 Å². The molecule has 0 aliphatic rings. The molecule has 0 bridgehead atoms. The first-order chi connectivity index (χ1) is 14.4. The maximum Gasteiger partial charge on any atom is 0.242 e. The zero-order valence-electron chi connectivity index (χ0n) is 18.0. The molecule has 1 atom stereocenters. The van der Waals surface area contributed by atoms with E-state index in [1.807, 2.05) is 44.2 Å². The molecule has 0 saturated heterocycles. The first kappa shape index (κ1) is 24.5. The Hall–Kier alpha value is -1.79. The SMILES string of the molecule is CCCCNC(=O)[C@H](C)N(Cc1cccc(C)c1)C(=O)CSCc1ccc(Br)cc1. The van der Waals surface area contributed by atoms with Gasteiger partial charge in [0, 0.05) is 23.3 Å². The number of hydrogen-bond acceptors (Lipinski definition) is 3. The number of nitrogens with zero attached hydrogens (tertiary/aromatic N) is 1. The summed E-state index contributed by atoms with van der Waals surface area (Å²) < 4.78 is 1.04. The summed E-state index contributed by atoms with van der Waals surface area (Å²) in [4.78, 5) is 27.4. The van der Waals surface area contributed by atoms with Gasteiger partial charge in [-0.2, -0.15) is 0 Å². The van der Waals surface area contributed by atoms with Crippen molar-refractivity contribution < 1.29 is 9.59 Å². The van der Waals surface area contributed by atoms with Crippen molar-refractivity contribution >= 4 is 39.5 Å². The van der Waals surface area contributed by atoms with Gasteiger partial charge >= 0.3 is 0 Å². The highest BCUT2D eigenvalue weighted by Crippen LogP contribution is 2.18. The molecule has 0 aromatic heterocycles. The Kier molecular flexibility index (Phi) is 10.4. The van der Waals surface area contributed by atoms with Crippen molar-refractivity contribution in [3.8, 4) is 0 Å². The van der Waals surface area contributed by atoms with Gasteiger partial charge in [0.15, 0.2) is 0 Å². The number of nitrogens with one attached hydrogen (secondary N) is 1. The number of benzene rings is 2. The van der Waals surface area contributed by atoms with E-state index in [1.54, 1.807) is 16.7 Å². The monoisotopic (exact) mass is 490 g/mol. The van der Waals surface area contributed by atoms with Gasteiger partial charge in [0.05, 0.1) is 5.75 Å². The smallest absolute Gasteiger partial charge is 0.242 e. The van der Waals surface area contributed by atoms with E-state index in [0.717, 1.165) is 34.2 Å². The number of amides is 2. The van der Waals surface area contributed by atoms with Crippen molar-refractivity contribution in [2.24, 2.45) is 0 Å². The van der Waals surface area contributed by atoms with Crippen LogP contribution in [0.3, 0.4) is 0 Å². The summed E-state index contributed by atoms with van der Waals surface area (Å²) in [5.41, 5.74) is 3.35. The molecule has 2 rings (SSSR count). The van der Waals surface area contributed by atoms with Crippen LogP contribution >= 0.6 is 27.7 Å². The fourth-order valence-electron chi connectivity index (χ4n) is 3.05. The van der Waals surface area contributed by atoms with Crippen LogP contribution in [0.15, 0.2) is 53.0 Å². The molecular formula is C24H31BrN2O2S. The van der Waals surface area contributed by atoms with Crippen molar-refractivity contribution in [1.29, 1.82) is 0 Å². The van der Waals surface area contributed by atoms with E-state index in [2.05, 4.69) is 46.4 Å². The summed E-state index contributed by atoms with van der Waals surface area (Å²) in [5.74, 6) is 0.988. The quantitative estimate of drug-likeness (QED) is 0.433. The van der Waals surface area contributed by atoms with Gasteiger partial charge in [-0.1, -0.05) is 71.2 Å². The third-order valence-corrected chi connectivity index (χ3v) is 6.36. The van der Waals surface area contributed by atoms with E-state index >= 15 is 0 Å². The lowest BCUT2D eigenvalue weighted by Crippen LogP contribution is -2.48. The first-order valence-corrected chi connectivity index (χ1v) is 12.3. The second-order valence-corrected chi connectivity index (χ2v) is 9.35. The van der Waals surface area contributed by atoms with E-state index in [0.29, 0.717) is 18.8 Å². The Morgan fingerprint density at radius 3 is 2.53 bits per heavy atom. The van der Waals surface area contributed by atoms with Crippen molar-refractivity contribution in [1.82, 2.24) is 10.2 Å². The lowest BCUT2D eigenvalue weighted by molar-refractivity contribution is -0.138. The van der Waals surface area contributed by atoms with Crippen LogP contribution in [0.25, 0.3) is 0 Å². The lowest BCUT2D eigenvalue weighted by Gasteiger charge is -2.29. The zero-order chi connectivity index (χ0) is 21.9. The number of hydrogen-bond donors (Lipinski definition) is 1. The number of thioether (sulfide) groups is 1. The highest BCUT2D eigenvalue weighted by Gasteiger charge is 2.25. The lowest BCUT2D eigenvalue weighted by atomic mass is 10.1. The average Bonchev–Trinajstić information content (AvgIpc) is 2.73. The number of rotatable bonds is 11. The van der Waals surface area contributed by atoms with Crippen LogP contribution in [-0.4, -0.2) is 35.1 Å². The Morgan fingerprint density at radius 2 is 1.87 bits per heavy atom. The second kappa shape index (κ2) is 12.8. The maximum atomic E-state index is 13.1. The van der Waals surface area contributed by atoms with Crippen LogP contribution in [0.2, 0.25) is 0 Å². The molecule has 0 radical (unpaired) electrons. The average molecular weight is 491 g/mol. The minimum atomic E-state index is -0.511. The van der Waals surface area contributed by atoms with E-state index < -0.39 is 6.04 Å². The summed E-state index contributed by atoms with van der Waals surface area (Å²) in [6.07, 6.45) is 1.96. The van der Waals surface area contributed by atoms with E-state index in [1.165, 1.54) is 5.56 Å². The summed E-state index contributed by atoms with van der Waals surface area (Å²) in [7, 11) is 0. The van der Waals surface area contributed by atoms with Gasteiger partial charge in [-0.05, 0) is 43.5 Å². The number of carbonyl (C=O) groups excluding carboxylic acids is 2. The van der Waals surface area contributed by atoms with E-state index in [4.69, 9.17) is 0 Å². The molecule has 30 heavy (non-hydrogen) atoms. The predicted molar refractivity (Wildman–Crippen MR) is 129 cm³/mol. The van der Waals surface area contributed by atoms with E-state index in [9.17, 15) is 9.59 Å². The molecule has 0 unspecified atom stereocenters. The fourth-order valence-corrected chi connectivity index (χ4v) is 4.18. The number of aryl methyl sites for hydroxylation is 1. The number of halogens is 1. The molecule has 0 saturated carbocycles. The standard InChI is InChI=1S/C24H31BrN2O2S/c1-4-5-13-26-24(29)19(3)27(15-21-8-6-7-18(2)14-21)23(28)17-30-16-20-9-11-22(25)12-10-20/h6-12,14,19H,4-5,13,15-17H2,1-3H3,(H,26,29)/t19-/m0/s1. The van der Waals surface area contributed by atoms with E-state index in [-0.39, 0.29) is 11.8 Å². The van der Waals surface area contributed by atoms with Gasteiger partial charge in [-0.25, -0.2) is 0 Å². The Balaban J connectivity index is 2.03. The van der Waals surface area contributed by atoms with Gasteiger partial charge in [-0.15, -0.1) is 11.8 Å². The molecule has 0 heterocycles. The van der Waals surface area contributed by atoms with Crippen molar-refractivity contribution in [3.63, 3.8) is 0 Å². The molecule has 162 valence electrons. The van der Waals surface area contributed by atoms with Crippen molar-refractivity contribution in [2.75, 3.05) is 12.3 Å². The van der Waals surface area contributed by atoms with Gasteiger partial charge in [-0.3, -0.25) is 9.59 Å². The van der Waals surface area contributed by atoms with Crippen LogP contribution in [-0.2, 0) is 21.9 Å². The van der Waals surface area contributed by atoms with Crippen LogP contribution < -0.4 is 5.32 Å². The molecule has 2 amide bonds. The summed E-state index contributed by atoms with van der Waals surface area (Å²) in [6, 6.07) is 15.7. The third kappa shape index (κ3) is 8.15. The highest BCUT2D eigenvalue weighted by atomic mass is 79.9. The molecule has 0 spiro atoms. The van der Waals surface area contributed by atoms with Gasteiger partial charge < -0.3 is 10.2 Å². The Labute approximate surface area is 192 Å². The van der Waals surface area contributed by atoms with Gasteiger partial charge in [0.1, 0.15) is 6.04 Å². The molecule has 0 fully saturated rings. The Bertz CT molecular complexity index is 826. The second-order valence-electron chi connectivity index (χ2n) is 7.45. The molecule has 6 heteroatoms. The van der Waals surface area contributed by atoms with Gasteiger partial charge in [0.25, 0.3) is 0 Å². The summed E-state index contributed by atoms with van der Waals surface area (Å²) >= 11 is 5.01. The summed E-state index contributed by atoms with van der Waals surface area (Å²) in [6.45, 7) is 7.01. The fraction of sp³-hybridized carbons (Fsp3) is 0.417. The van der Waals surface area contributed by atoms with Gasteiger partial charge in [0.2, 0.25) is 11.8 Å². The third-order valence-electron chi connectivity index (χ3n) is 4.84. The predicted octanol–water partition coefficient (Wildman–Crippen LogP) is 5.32. The minimum absolute atomic E-state index is 0.0169.